The average molecular weight is 679 g/mol. The van der Waals surface area contributed by atoms with Gasteiger partial charge in [-0.3, -0.25) is 0 Å². The van der Waals surface area contributed by atoms with Gasteiger partial charge in [-0.2, -0.15) is 0 Å². The van der Waals surface area contributed by atoms with Crippen LogP contribution in [-0.4, -0.2) is 10.5 Å². The summed E-state index contributed by atoms with van der Waals surface area (Å²) in [6.45, 7) is 0. The van der Waals surface area contributed by atoms with Crippen LogP contribution in [-0.2, 0) is 0 Å². The van der Waals surface area contributed by atoms with Gasteiger partial charge in [-0.05, 0) is 88.0 Å². The Bertz CT molecular complexity index is 2200. The van der Waals surface area contributed by atoms with Gasteiger partial charge in [-0.15, -0.1) is 23.5 Å². The van der Waals surface area contributed by atoms with Gasteiger partial charge in [0.2, 0.25) is 0 Å². The van der Waals surface area contributed by atoms with Crippen molar-refractivity contribution >= 4 is 46.3 Å². The van der Waals surface area contributed by atoms with Crippen molar-refractivity contribution < 1.29 is 0 Å². The van der Waals surface area contributed by atoms with Crippen LogP contribution in [0.4, 0.5) is 22.7 Å². The third-order valence-corrected chi connectivity index (χ3v) is 13.4. The van der Waals surface area contributed by atoms with Crippen molar-refractivity contribution in [1.82, 2.24) is 0 Å². The van der Waals surface area contributed by atoms with Crippen molar-refractivity contribution in [2.24, 2.45) is 0 Å². The molecule has 0 aliphatic carbocycles. The Labute approximate surface area is 302 Å². The van der Waals surface area contributed by atoms with Crippen LogP contribution < -0.4 is 9.80 Å². The minimum absolute atomic E-state index is 0.318. The molecule has 50 heavy (non-hydrogen) atoms. The Morgan fingerprint density at radius 1 is 0.380 bits per heavy atom. The second-order valence-electron chi connectivity index (χ2n) is 13.2. The van der Waals surface area contributed by atoms with E-state index >= 15 is 0 Å². The van der Waals surface area contributed by atoms with Crippen molar-refractivity contribution in [3.05, 3.63) is 193 Å². The molecule has 0 spiro atoms. The first-order valence-corrected chi connectivity index (χ1v) is 19.1. The number of benzene rings is 7. The van der Waals surface area contributed by atoms with Crippen LogP contribution in [0.2, 0.25) is 0 Å². The third-order valence-electron chi connectivity index (χ3n) is 10.4. The highest BCUT2D eigenvalue weighted by atomic mass is 32.2. The maximum absolute atomic E-state index is 2.76. The molecule has 1 fully saturated rings. The zero-order chi connectivity index (χ0) is 33.0. The molecule has 7 aromatic rings. The molecule has 0 radical (unpaired) electrons. The molecule has 7 aromatic carbocycles. The lowest BCUT2D eigenvalue weighted by atomic mass is 10.0. The van der Waals surface area contributed by atoms with Crippen LogP contribution in [0, 0.1) is 0 Å². The number of fused-ring (bicyclic) bond motifs is 7. The van der Waals surface area contributed by atoms with Gasteiger partial charge in [0.25, 0.3) is 0 Å². The molecule has 0 amide bonds. The van der Waals surface area contributed by atoms with Crippen molar-refractivity contribution in [1.29, 1.82) is 0 Å². The van der Waals surface area contributed by atoms with Gasteiger partial charge in [0.05, 0.1) is 12.1 Å². The van der Waals surface area contributed by atoms with E-state index < -0.39 is 0 Å². The van der Waals surface area contributed by atoms with E-state index in [1.807, 2.05) is 0 Å². The number of thioether (sulfide) groups is 2. The summed E-state index contributed by atoms with van der Waals surface area (Å²) < 4.78 is 0. The Hall–Kier alpha value is -5.16. The number of hydrogen-bond acceptors (Lipinski definition) is 4. The Morgan fingerprint density at radius 2 is 0.800 bits per heavy atom. The fourth-order valence-electron chi connectivity index (χ4n) is 8.19. The van der Waals surface area contributed by atoms with Crippen molar-refractivity contribution in [3.8, 4) is 22.3 Å². The van der Waals surface area contributed by atoms with Crippen LogP contribution in [0.25, 0.3) is 22.3 Å². The summed E-state index contributed by atoms with van der Waals surface area (Å²) >= 11 is 4.17. The molecule has 3 aliphatic heterocycles. The normalized spacial score (nSPS) is 19.8. The highest BCUT2D eigenvalue weighted by Gasteiger charge is 2.57. The first-order chi connectivity index (χ1) is 24.8. The lowest BCUT2D eigenvalue weighted by Crippen LogP contribution is -2.27. The van der Waals surface area contributed by atoms with Gasteiger partial charge in [0.1, 0.15) is 0 Å². The Balaban J connectivity index is 1.13. The van der Waals surface area contributed by atoms with Crippen LogP contribution in [0.5, 0.6) is 0 Å². The van der Waals surface area contributed by atoms with Crippen molar-refractivity contribution in [3.63, 3.8) is 0 Å². The molecule has 3 aliphatic rings. The predicted molar refractivity (Wildman–Crippen MR) is 212 cm³/mol. The largest absolute Gasteiger partial charge is 0.355 e. The van der Waals surface area contributed by atoms with Crippen LogP contribution >= 0.6 is 23.5 Å². The summed E-state index contributed by atoms with van der Waals surface area (Å²) in [5, 5.41) is 0.972. The highest BCUT2D eigenvalue weighted by molar-refractivity contribution is 8.04. The summed E-state index contributed by atoms with van der Waals surface area (Å²) in [6.07, 6.45) is 0. The monoisotopic (exact) mass is 678 g/mol. The van der Waals surface area contributed by atoms with Crippen LogP contribution in [0.15, 0.2) is 192 Å². The van der Waals surface area contributed by atoms with E-state index in [-0.39, 0.29) is 0 Å². The molecule has 0 saturated carbocycles. The van der Waals surface area contributed by atoms with E-state index in [9.17, 15) is 0 Å². The van der Waals surface area contributed by atoms with Gasteiger partial charge in [-0.25, -0.2) is 0 Å². The van der Waals surface area contributed by atoms with E-state index in [0.717, 1.165) is 17.1 Å². The van der Waals surface area contributed by atoms with Crippen molar-refractivity contribution in [2.45, 2.75) is 32.4 Å². The number of rotatable bonds is 6. The second-order valence-corrected chi connectivity index (χ2v) is 15.7. The molecule has 4 unspecified atom stereocenters. The lowest BCUT2D eigenvalue weighted by molar-refractivity contribution is 0.675. The summed E-state index contributed by atoms with van der Waals surface area (Å²) in [7, 11) is 0. The van der Waals surface area contributed by atoms with Gasteiger partial charge in [-0.1, -0.05) is 127 Å². The minimum Gasteiger partial charge on any atom is -0.355 e. The summed E-state index contributed by atoms with van der Waals surface area (Å²) in [6, 6.07) is 67.4. The molecule has 4 atom stereocenters. The second kappa shape index (κ2) is 12.3. The SMILES string of the molecule is c1ccc(-c2cccc(N(c3cccc(-c4ccccc4)c3)c3cccc(N4C5c6ccccc6SC5C5Sc6ccccc6C54)c3)c2)cc1. The summed E-state index contributed by atoms with van der Waals surface area (Å²) in [4.78, 5) is 8.05. The zero-order valence-corrected chi connectivity index (χ0v) is 29.0. The summed E-state index contributed by atoms with van der Waals surface area (Å²) in [5.41, 5.74) is 12.4. The highest BCUT2D eigenvalue weighted by Crippen LogP contribution is 2.66. The van der Waals surface area contributed by atoms with Gasteiger partial charge >= 0.3 is 0 Å². The molecule has 0 aromatic heterocycles. The van der Waals surface area contributed by atoms with Crippen LogP contribution in [0.1, 0.15) is 23.2 Å². The number of anilines is 4. The van der Waals surface area contributed by atoms with Crippen molar-refractivity contribution in [2.75, 3.05) is 9.80 Å². The molecule has 240 valence electrons. The molecule has 2 nitrogen and oxygen atoms in total. The van der Waals surface area contributed by atoms with Gasteiger partial charge < -0.3 is 9.80 Å². The number of hydrogen-bond donors (Lipinski definition) is 0. The summed E-state index contributed by atoms with van der Waals surface area (Å²) in [5.74, 6) is 0. The van der Waals surface area contributed by atoms with Gasteiger partial charge in [0, 0.05) is 43.0 Å². The maximum Gasteiger partial charge on any atom is 0.0694 e. The Morgan fingerprint density at radius 3 is 1.32 bits per heavy atom. The number of nitrogens with zero attached hydrogens (tertiary/aromatic N) is 2. The topological polar surface area (TPSA) is 6.48 Å². The minimum atomic E-state index is 0.318. The molecular formula is C46H34N2S2. The molecule has 1 saturated heterocycles. The fourth-order valence-corrected chi connectivity index (χ4v) is 11.5. The maximum atomic E-state index is 2.76. The van der Waals surface area contributed by atoms with E-state index in [1.165, 1.54) is 48.9 Å². The quantitative estimate of drug-likeness (QED) is 0.173. The molecule has 0 bridgehead atoms. The standard InChI is InChI=1S/C46H34N2S2/c1-3-14-31(15-4-1)33-18-11-20-35(28-33)47(36-21-12-19-34(29-36)32-16-5-2-6-17-32)37-22-13-23-38(30-37)48-43-39-24-7-9-26-41(39)49-45(43)46-44(48)40-25-8-10-27-42(40)50-46/h1-30,43-46H. The predicted octanol–water partition coefficient (Wildman–Crippen LogP) is 12.7. The molecule has 10 rings (SSSR count). The first-order valence-electron chi connectivity index (χ1n) is 17.3. The molecule has 3 heterocycles. The van der Waals surface area contributed by atoms with E-state index in [0.29, 0.717) is 22.6 Å². The van der Waals surface area contributed by atoms with E-state index in [2.05, 4.69) is 215 Å². The smallest absolute Gasteiger partial charge is 0.0694 e. The van der Waals surface area contributed by atoms with Gasteiger partial charge in [0.15, 0.2) is 0 Å². The first kappa shape index (κ1) is 29.7. The fraction of sp³-hybridized carbons (Fsp3) is 0.0870. The molecule has 4 heteroatoms. The Kier molecular flexibility index (Phi) is 7.32. The van der Waals surface area contributed by atoms with E-state index in [1.54, 1.807) is 0 Å². The average Bonchev–Trinajstić information content (AvgIpc) is 3.84. The molecule has 0 N–H and O–H groups in total. The van der Waals surface area contributed by atoms with Crippen LogP contribution in [0.3, 0.4) is 0 Å². The zero-order valence-electron chi connectivity index (χ0n) is 27.3. The molecular weight excluding hydrogens is 645 g/mol. The lowest BCUT2D eigenvalue weighted by Gasteiger charge is -2.34. The third kappa shape index (κ3) is 4.97. The van der Waals surface area contributed by atoms with E-state index in [4.69, 9.17) is 0 Å².